The van der Waals surface area contributed by atoms with Crippen LogP contribution in [0.5, 0.6) is 0 Å². The smallest absolute Gasteiger partial charge is 0.0373 e. The maximum absolute atomic E-state index is 2.37. The summed E-state index contributed by atoms with van der Waals surface area (Å²) in [5.41, 5.74) is 4.34. The van der Waals surface area contributed by atoms with Crippen LogP contribution < -0.4 is 0 Å². The molecule has 2 atom stereocenters. The molecule has 0 aliphatic carbocycles. The van der Waals surface area contributed by atoms with Gasteiger partial charge in [0.15, 0.2) is 0 Å². The number of allylic oxidation sites excluding steroid dienone is 1. The first kappa shape index (κ1) is 13.5. The standard InChI is InChI=1S/C19H20S/c1-14-13-15(2)19(17-11-7-4-8-12-17)20-18(14)16-9-5-3-6-10-16/h3-12,14,18H,13H2,1-2H3. The van der Waals surface area contributed by atoms with Crippen LogP contribution in [-0.2, 0) is 0 Å². The van der Waals surface area contributed by atoms with Crippen molar-refractivity contribution in [1.82, 2.24) is 0 Å². The third-order valence-electron chi connectivity index (χ3n) is 3.94. The summed E-state index contributed by atoms with van der Waals surface area (Å²) in [5.74, 6) is 0.690. The van der Waals surface area contributed by atoms with Gasteiger partial charge in [0.1, 0.15) is 0 Å². The van der Waals surface area contributed by atoms with E-state index in [0.29, 0.717) is 11.2 Å². The Morgan fingerprint density at radius 1 is 0.900 bits per heavy atom. The maximum atomic E-state index is 2.37. The fourth-order valence-electron chi connectivity index (χ4n) is 2.97. The zero-order valence-electron chi connectivity index (χ0n) is 12.0. The lowest BCUT2D eigenvalue weighted by atomic mass is 9.92. The Labute approximate surface area is 125 Å². The summed E-state index contributed by atoms with van der Waals surface area (Å²) in [6, 6.07) is 21.7. The normalized spacial score (nSPS) is 22.9. The Morgan fingerprint density at radius 3 is 2.15 bits per heavy atom. The molecule has 1 heterocycles. The van der Waals surface area contributed by atoms with Crippen LogP contribution in [0.15, 0.2) is 66.2 Å². The summed E-state index contributed by atoms with van der Waals surface area (Å²) in [7, 11) is 0. The molecule has 0 amide bonds. The zero-order valence-corrected chi connectivity index (χ0v) is 12.9. The molecule has 0 radical (unpaired) electrons. The molecule has 102 valence electrons. The summed E-state index contributed by atoms with van der Waals surface area (Å²) in [4.78, 5) is 1.47. The lowest BCUT2D eigenvalue weighted by Gasteiger charge is -2.31. The molecule has 2 aromatic carbocycles. The van der Waals surface area contributed by atoms with Gasteiger partial charge in [0, 0.05) is 10.2 Å². The molecule has 20 heavy (non-hydrogen) atoms. The van der Waals surface area contributed by atoms with Crippen LogP contribution in [0.25, 0.3) is 4.91 Å². The van der Waals surface area contributed by atoms with Crippen LogP contribution in [-0.4, -0.2) is 0 Å². The molecule has 0 nitrogen and oxygen atoms in total. The van der Waals surface area contributed by atoms with E-state index in [2.05, 4.69) is 74.5 Å². The van der Waals surface area contributed by atoms with Gasteiger partial charge in [0.2, 0.25) is 0 Å². The Bertz CT molecular complexity index is 598. The molecular weight excluding hydrogens is 260 g/mol. The first-order valence-corrected chi connectivity index (χ1v) is 8.10. The molecule has 1 aliphatic rings. The summed E-state index contributed by atoms with van der Waals surface area (Å²) >= 11 is 2.03. The summed E-state index contributed by atoms with van der Waals surface area (Å²) < 4.78 is 0. The van der Waals surface area contributed by atoms with Gasteiger partial charge >= 0.3 is 0 Å². The van der Waals surface area contributed by atoms with Gasteiger partial charge in [-0.05, 0) is 30.4 Å². The number of rotatable bonds is 2. The third kappa shape index (κ3) is 2.69. The van der Waals surface area contributed by atoms with Crippen molar-refractivity contribution in [2.75, 3.05) is 0 Å². The van der Waals surface area contributed by atoms with Gasteiger partial charge in [0.25, 0.3) is 0 Å². The largest absolute Gasteiger partial charge is 0.117 e. The van der Waals surface area contributed by atoms with Crippen molar-refractivity contribution in [3.63, 3.8) is 0 Å². The van der Waals surface area contributed by atoms with E-state index < -0.39 is 0 Å². The molecule has 2 aromatic rings. The van der Waals surface area contributed by atoms with Crippen molar-refractivity contribution < 1.29 is 0 Å². The second-order valence-electron chi connectivity index (χ2n) is 5.61. The van der Waals surface area contributed by atoms with Gasteiger partial charge in [-0.15, -0.1) is 11.8 Å². The van der Waals surface area contributed by atoms with Gasteiger partial charge in [-0.2, -0.15) is 0 Å². The van der Waals surface area contributed by atoms with Crippen molar-refractivity contribution in [3.05, 3.63) is 77.4 Å². The second-order valence-corrected chi connectivity index (χ2v) is 6.76. The number of benzene rings is 2. The molecule has 0 saturated carbocycles. The predicted molar refractivity (Wildman–Crippen MR) is 89.6 cm³/mol. The first-order chi connectivity index (χ1) is 9.75. The molecular formula is C19H20S. The molecule has 3 rings (SSSR count). The van der Waals surface area contributed by atoms with Gasteiger partial charge in [-0.25, -0.2) is 0 Å². The third-order valence-corrected chi connectivity index (χ3v) is 5.75. The monoisotopic (exact) mass is 280 g/mol. The van der Waals surface area contributed by atoms with E-state index in [1.165, 1.54) is 28.0 Å². The highest BCUT2D eigenvalue weighted by Crippen LogP contribution is 2.51. The lowest BCUT2D eigenvalue weighted by Crippen LogP contribution is -2.12. The van der Waals surface area contributed by atoms with E-state index in [1.807, 2.05) is 11.8 Å². The van der Waals surface area contributed by atoms with E-state index in [1.54, 1.807) is 0 Å². The molecule has 0 fully saturated rings. The van der Waals surface area contributed by atoms with Crippen molar-refractivity contribution in [2.24, 2.45) is 5.92 Å². The number of hydrogen-bond acceptors (Lipinski definition) is 1. The topological polar surface area (TPSA) is 0 Å². The molecule has 1 heteroatoms. The molecule has 0 saturated heterocycles. The van der Waals surface area contributed by atoms with E-state index in [-0.39, 0.29) is 0 Å². The van der Waals surface area contributed by atoms with E-state index in [0.717, 1.165) is 0 Å². The fraction of sp³-hybridized carbons (Fsp3) is 0.263. The molecule has 1 aliphatic heterocycles. The Balaban J connectivity index is 1.95. The van der Waals surface area contributed by atoms with Crippen LogP contribution in [0, 0.1) is 5.92 Å². The minimum absolute atomic E-state index is 0.565. The average molecular weight is 280 g/mol. The lowest BCUT2D eigenvalue weighted by molar-refractivity contribution is 0.559. The summed E-state index contributed by atoms with van der Waals surface area (Å²) in [6.45, 7) is 4.66. The maximum Gasteiger partial charge on any atom is 0.0373 e. The number of hydrogen-bond donors (Lipinski definition) is 0. The SMILES string of the molecule is CC1=C(c2ccccc2)SC(c2ccccc2)C(C)C1. The second kappa shape index (κ2) is 5.88. The van der Waals surface area contributed by atoms with Crippen LogP contribution >= 0.6 is 11.8 Å². The summed E-state index contributed by atoms with van der Waals surface area (Å²) in [5, 5.41) is 0.565. The highest BCUT2D eigenvalue weighted by molar-refractivity contribution is 8.08. The molecule has 0 aromatic heterocycles. The van der Waals surface area contributed by atoms with Crippen molar-refractivity contribution in [3.8, 4) is 0 Å². The van der Waals surface area contributed by atoms with Gasteiger partial charge in [-0.3, -0.25) is 0 Å². The Hall–Kier alpha value is -1.47. The van der Waals surface area contributed by atoms with Gasteiger partial charge in [-0.1, -0.05) is 73.2 Å². The average Bonchev–Trinajstić information content (AvgIpc) is 2.49. The highest BCUT2D eigenvalue weighted by atomic mass is 32.2. The fourth-order valence-corrected chi connectivity index (χ4v) is 4.40. The molecule has 0 spiro atoms. The quantitative estimate of drug-likeness (QED) is 0.656. The van der Waals surface area contributed by atoms with E-state index in [4.69, 9.17) is 0 Å². The molecule has 0 N–H and O–H groups in total. The molecule has 0 bridgehead atoms. The van der Waals surface area contributed by atoms with Crippen LogP contribution in [0.1, 0.15) is 36.6 Å². The first-order valence-electron chi connectivity index (χ1n) is 7.22. The van der Waals surface area contributed by atoms with E-state index in [9.17, 15) is 0 Å². The highest BCUT2D eigenvalue weighted by Gasteiger charge is 2.27. The van der Waals surface area contributed by atoms with Crippen molar-refractivity contribution in [1.29, 1.82) is 0 Å². The van der Waals surface area contributed by atoms with Crippen LogP contribution in [0.2, 0.25) is 0 Å². The van der Waals surface area contributed by atoms with Crippen LogP contribution in [0.4, 0.5) is 0 Å². The van der Waals surface area contributed by atoms with Crippen molar-refractivity contribution in [2.45, 2.75) is 25.5 Å². The minimum atomic E-state index is 0.565. The van der Waals surface area contributed by atoms with Crippen LogP contribution in [0.3, 0.4) is 0 Å². The zero-order chi connectivity index (χ0) is 13.9. The van der Waals surface area contributed by atoms with E-state index >= 15 is 0 Å². The van der Waals surface area contributed by atoms with Crippen molar-refractivity contribution >= 4 is 16.7 Å². The van der Waals surface area contributed by atoms with Gasteiger partial charge in [0.05, 0.1) is 0 Å². The minimum Gasteiger partial charge on any atom is -0.117 e. The summed E-state index contributed by atoms with van der Waals surface area (Å²) in [6.07, 6.45) is 1.19. The Morgan fingerprint density at radius 2 is 1.50 bits per heavy atom. The number of thioether (sulfide) groups is 1. The Kier molecular flexibility index (Phi) is 3.98. The predicted octanol–water partition coefficient (Wildman–Crippen LogP) is 5.93. The molecule has 2 unspecified atom stereocenters. The van der Waals surface area contributed by atoms with Gasteiger partial charge < -0.3 is 0 Å².